The van der Waals surface area contributed by atoms with E-state index in [2.05, 4.69) is 30.3 Å². The van der Waals surface area contributed by atoms with E-state index >= 15 is 0 Å². The van der Waals surface area contributed by atoms with Crippen molar-refractivity contribution in [3.8, 4) is 11.3 Å². The second kappa shape index (κ2) is 8.05. The lowest BCUT2D eigenvalue weighted by Crippen LogP contribution is -2.45. The minimum Gasteiger partial charge on any atom is -0.469 e. The maximum Gasteiger partial charge on any atom is 0.306 e. The molecule has 0 bridgehead atoms. The number of carbonyl (C=O) groups is 2. The van der Waals surface area contributed by atoms with Crippen molar-refractivity contribution >= 4 is 34.7 Å². The fourth-order valence-electron chi connectivity index (χ4n) is 3.11. The summed E-state index contributed by atoms with van der Waals surface area (Å²) in [5.41, 5.74) is 2.52. The van der Waals surface area contributed by atoms with Gasteiger partial charge in [0.15, 0.2) is 0 Å². The molecule has 1 unspecified atom stereocenters. The molecule has 146 valence electrons. The highest BCUT2D eigenvalue weighted by Crippen LogP contribution is 2.27. The molecule has 2 aromatic carbocycles. The number of esters is 1. The molecule has 8 heteroatoms. The number of rotatable bonds is 4. The zero-order valence-electron chi connectivity index (χ0n) is 15.8. The molecule has 2 heterocycles. The van der Waals surface area contributed by atoms with Gasteiger partial charge in [-0.15, -0.1) is 0 Å². The molecular formula is C21H19N5O3. The minimum atomic E-state index is -0.551. The maximum atomic E-state index is 12.3. The number of hydrogen-bond acceptors (Lipinski definition) is 7. The molecule has 0 fully saturated rings. The molecule has 3 aromatic rings. The Balaban J connectivity index is 1.62. The summed E-state index contributed by atoms with van der Waals surface area (Å²) in [6.07, 6.45) is -0.0102. The number of hydrogen-bond donors (Lipinski definition) is 2. The summed E-state index contributed by atoms with van der Waals surface area (Å²) in [5, 5.41) is 6.57. The van der Waals surface area contributed by atoms with E-state index in [-0.39, 0.29) is 24.8 Å². The number of anilines is 1. The highest BCUT2D eigenvalue weighted by Gasteiger charge is 2.27. The van der Waals surface area contributed by atoms with E-state index in [0.29, 0.717) is 5.95 Å². The standard InChI is InChI=1S/C21H19N5O3/c1-29-17(27)11-14-12-22-20(25-19(14)28)26-21-23-16-10-6-5-9-15(16)18(24-21)13-7-3-2-4-8-13/h2-10,14H,11-12H2,1H3,(H2,22,23,24,25,26,28). The number of nitrogens with one attached hydrogen (secondary N) is 2. The third kappa shape index (κ3) is 4.06. The van der Waals surface area contributed by atoms with Crippen LogP contribution < -0.4 is 10.6 Å². The first kappa shape index (κ1) is 18.5. The first-order valence-corrected chi connectivity index (χ1v) is 9.15. The molecule has 0 radical (unpaired) electrons. The summed E-state index contributed by atoms with van der Waals surface area (Å²) in [7, 11) is 1.29. The van der Waals surface area contributed by atoms with Crippen LogP contribution in [0.4, 0.5) is 5.95 Å². The van der Waals surface area contributed by atoms with E-state index in [0.717, 1.165) is 22.2 Å². The Bertz CT molecular complexity index is 1100. The number of guanidine groups is 1. The van der Waals surface area contributed by atoms with Crippen LogP contribution in [0.15, 0.2) is 59.6 Å². The first-order valence-electron chi connectivity index (χ1n) is 9.15. The molecule has 1 aromatic heterocycles. The first-order chi connectivity index (χ1) is 14.1. The highest BCUT2D eigenvalue weighted by molar-refractivity contribution is 6.06. The summed E-state index contributed by atoms with van der Waals surface area (Å²) in [5.74, 6) is -0.706. The predicted octanol–water partition coefficient (Wildman–Crippen LogP) is 2.37. The fourth-order valence-corrected chi connectivity index (χ4v) is 3.11. The van der Waals surface area contributed by atoms with E-state index in [1.165, 1.54) is 7.11 Å². The summed E-state index contributed by atoms with van der Waals surface area (Å²) in [6, 6.07) is 17.5. The lowest BCUT2D eigenvalue weighted by Gasteiger charge is -2.21. The monoisotopic (exact) mass is 389 g/mol. The van der Waals surface area contributed by atoms with Gasteiger partial charge in [0.05, 0.1) is 37.2 Å². The number of benzene rings is 2. The van der Waals surface area contributed by atoms with Crippen molar-refractivity contribution in [2.45, 2.75) is 6.42 Å². The van der Waals surface area contributed by atoms with Crippen molar-refractivity contribution in [3.05, 3.63) is 54.6 Å². The summed E-state index contributed by atoms with van der Waals surface area (Å²) in [4.78, 5) is 37.2. The number of fused-ring (bicyclic) bond motifs is 1. The van der Waals surface area contributed by atoms with Crippen LogP contribution in [-0.4, -0.2) is 41.5 Å². The van der Waals surface area contributed by atoms with E-state index in [4.69, 9.17) is 0 Å². The van der Waals surface area contributed by atoms with Crippen LogP contribution in [-0.2, 0) is 14.3 Å². The highest BCUT2D eigenvalue weighted by atomic mass is 16.5. The van der Waals surface area contributed by atoms with Crippen LogP contribution in [0.25, 0.3) is 22.2 Å². The van der Waals surface area contributed by atoms with Crippen LogP contribution >= 0.6 is 0 Å². The average molecular weight is 389 g/mol. The van der Waals surface area contributed by atoms with Gasteiger partial charge in [0, 0.05) is 10.9 Å². The number of ether oxygens (including phenoxy) is 1. The number of aliphatic imine (C=N–C) groups is 1. The molecule has 0 saturated carbocycles. The van der Waals surface area contributed by atoms with Gasteiger partial charge >= 0.3 is 5.97 Å². The van der Waals surface area contributed by atoms with E-state index in [9.17, 15) is 9.59 Å². The quantitative estimate of drug-likeness (QED) is 0.664. The van der Waals surface area contributed by atoms with Gasteiger partial charge in [0.25, 0.3) is 0 Å². The number of nitrogens with zero attached hydrogens (tertiary/aromatic N) is 3. The number of carbonyl (C=O) groups excluding carboxylic acids is 2. The minimum absolute atomic E-state index is 0.0102. The Kier molecular flexibility index (Phi) is 5.15. The number of aromatic nitrogens is 2. The van der Waals surface area contributed by atoms with Gasteiger partial charge in [-0.1, -0.05) is 48.5 Å². The second-order valence-corrected chi connectivity index (χ2v) is 6.56. The summed E-state index contributed by atoms with van der Waals surface area (Å²) >= 11 is 0. The van der Waals surface area contributed by atoms with Gasteiger partial charge in [0.1, 0.15) is 0 Å². The van der Waals surface area contributed by atoms with Crippen molar-refractivity contribution < 1.29 is 14.3 Å². The molecular weight excluding hydrogens is 370 g/mol. The fraction of sp³-hybridized carbons (Fsp3) is 0.190. The van der Waals surface area contributed by atoms with E-state index in [1.54, 1.807) is 0 Å². The van der Waals surface area contributed by atoms with Crippen molar-refractivity contribution in [1.29, 1.82) is 0 Å². The molecule has 4 rings (SSSR count). The van der Waals surface area contributed by atoms with Gasteiger partial charge in [-0.25, -0.2) is 9.97 Å². The molecule has 1 atom stereocenters. The Morgan fingerprint density at radius 3 is 2.66 bits per heavy atom. The SMILES string of the molecule is COC(=O)CC1CN=C(Nc2nc(-c3ccccc3)c3ccccc3n2)NC1=O. The van der Waals surface area contributed by atoms with Crippen LogP contribution in [0.3, 0.4) is 0 Å². The molecule has 1 aliphatic rings. The molecule has 0 spiro atoms. The topological polar surface area (TPSA) is 106 Å². The molecule has 0 aliphatic carbocycles. The Morgan fingerprint density at radius 1 is 1.14 bits per heavy atom. The second-order valence-electron chi connectivity index (χ2n) is 6.56. The molecule has 2 N–H and O–H groups in total. The van der Waals surface area contributed by atoms with E-state index < -0.39 is 11.9 Å². The van der Waals surface area contributed by atoms with Crippen molar-refractivity contribution in [2.75, 3.05) is 19.0 Å². The molecule has 29 heavy (non-hydrogen) atoms. The largest absolute Gasteiger partial charge is 0.469 e. The Morgan fingerprint density at radius 2 is 1.90 bits per heavy atom. The number of para-hydroxylation sites is 1. The van der Waals surface area contributed by atoms with Crippen LogP contribution in [0.5, 0.6) is 0 Å². The molecule has 8 nitrogen and oxygen atoms in total. The van der Waals surface area contributed by atoms with Gasteiger partial charge in [0.2, 0.25) is 17.8 Å². The van der Waals surface area contributed by atoms with Crippen LogP contribution in [0.2, 0.25) is 0 Å². The maximum absolute atomic E-state index is 12.3. The third-order valence-corrected chi connectivity index (χ3v) is 4.60. The Labute approximate surface area is 167 Å². The number of amides is 1. The summed E-state index contributed by atoms with van der Waals surface area (Å²) in [6.45, 7) is 0.183. The van der Waals surface area contributed by atoms with Crippen molar-refractivity contribution in [2.24, 2.45) is 10.9 Å². The van der Waals surface area contributed by atoms with Crippen molar-refractivity contribution in [1.82, 2.24) is 15.3 Å². The average Bonchev–Trinajstić information content (AvgIpc) is 2.75. The number of methoxy groups -OCH3 is 1. The van der Waals surface area contributed by atoms with Crippen LogP contribution in [0, 0.1) is 5.92 Å². The van der Waals surface area contributed by atoms with Gasteiger partial charge < -0.3 is 4.74 Å². The lowest BCUT2D eigenvalue weighted by molar-refractivity contribution is -0.143. The van der Waals surface area contributed by atoms with Gasteiger partial charge in [-0.3, -0.25) is 25.2 Å². The van der Waals surface area contributed by atoms with Crippen molar-refractivity contribution in [3.63, 3.8) is 0 Å². The normalized spacial score (nSPS) is 16.1. The Hall–Kier alpha value is -3.81. The zero-order chi connectivity index (χ0) is 20.2. The van der Waals surface area contributed by atoms with E-state index in [1.807, 2.05) is 54.6 Å². The lowest BCUT2D eigenvalue weighted by atomic mass is 10.0. The van der Waals surface area contributed by atoms with Crippen LogP contribution in [0.1, 0.15) is 6.42 Å². The molecule has 0 saturated heterocycles. The third-order valence-electron chi connectivity index (χ3n) is 4.60. The molecule has 1 amide bonds. The van der Waals surface area contributed by atoms with Gasteiger partial charge in [-0.2, -0.15) is 0 Å². The molecule has 1 aliphatic heterocycles. The summed E-state index contributed by atoms with van der Waals surface area (Å²) < 4.78 is 4.62. The predicted molar refractivity (Wildman–Crippen MR) is 109 cm³/mol. The smallest absolute Gasteiger partial charge is 0.306 e. The van der Waals surface area contributed by atoms with Gasteiger partial charge in [-0.05, 0) is 6.07 Å². The zero-order valence-corrected chi connectivity index (χ0v) is 15.8.